The molecule has 1 saturated heterocycles. The Morgan fingerprint density at radius 3 is 2.56 bits per heavy atom. The molecule has 1 atom stereocenters. The van der Waals surface area contributed by atoms with Crippen molar-refractivity contribution in [3.63, 3.8) is 0 Å². The van der Waals surface area contributed by atoms with Gasteiger partial charge in [0.1, 0.15) is 11.9 Å². The van der Waals surface area contributed by atoms with E-state index in [0.29, 0.717) is 63.2 Å². The summed E-state index contributed by atoms with van der Waals surface area (Å²) < 4.78 is 28.7. The number of nitrogens with two attached hydrogens (primary N) is 1. The fourth-order valence-corrected chi connectivity index (χ4v) is 5.16. The van der Waals surface area contributed by atoms with Crippen LogP contribution in [0.2, 0.25) is 0 Å². The van der Waals surface area contributed by atoms with Crippen molar-refractivity contribution in [2.45, 2.75) is 58.2 Å². The highest BCUT2D eigenvalue weighted by Crippen LogP contribution is 2.35. The van der Waals surface area contributed by atoms with E-state index >= 15 is 0 Å². The molecule has 2 aliphatic heterocycles. The molecular weight excluding hydrogens is 576 g/mol. The zero-order valence-electron chi connectivity index (χ0n) is 25.9. The summed E-state index contributed by atoms with van der Waals surface area (Å²) in [5, 5.41) is 5.58. The number of rotatable bonds is 14. The number of nitrogen functional groups attached to an aromatic ring is 1. The summed E-state index contributed by atoms with van der Waals surface area (Å²) in [4.78, 5) is 26.5. The zero-order chi connectivity index (χ0) is 31.6. The van der Waals surface area contributed by atoms with Crippen molar-refractivity contribution >= 4 is 29.2 Å². The summed E-state index contributed by atoms with van der Waals surface area (Å²) in [6.45, 7) is 7.44. The second kappa shape index (κ2) is 15.1. The first kappa shape index (κ1) is 32.1. The molecule has 2 aliphatic rings. The Morgan fingerprint density at radius 2 is 1.73 bits per heavy atom. The summed E-state index contributed by atoms with van der Waals surface area (Å²) in [7, 11) is 0. The van der Waals surface area contributed by atoms with Crippen LogP contribution in [0.25, 0.3) is 0 Å². The van der Waals surface area contributed by atoms with Crippen molar-refractivity contribution in [2.24, 2.45) is 0 Å². The number of fused-ring (bicyclic) bond motifs is 1. The Kier molecular flexibility index (Phi) is 10.8. The van der Waals surface area contributed by atoms with Gasteiger partial charge in [-0.3, -0.25) is 0 Å². The number of carbonyl (C=O) groups is 2. The molecular formula is C34H42N4O7. The zero-order valence-corrected chi connectivity index (χ0v) is 25.9. The highest BCUT2D eigenvalue weighted by molar-refractivity contribution is 6.00. The van der Waals surface area contributed by atoms with E-state index in [0.717, 1.165) is 41.7 Å². The molecule has 240 valence electrons. The summed E-state index contributed by atoms with van der Waals surface area (Å²) in [5.41, 5.74) is 10.5. The number of hydrogen-bond acceptors (Lipinski definition) is 8. The average Bonchev–Trinajstić information content (AvgIpc) is 3.37. The second-order valence-corrected chi connectivity index (χ2v) is 11.6. The minimum atomic E-state index is -0.641. The third kappa shape index (κ3) is 9.58. The first-order valence-corrected chi connectivity index (χ1v) is 15.3. The minimum absolute atomic E-state index is 0.276. The monoisotopic (exact) mass is 618 g/mol. The molecule has 3 aromatic carbocycles. The van der Waals surface area contributed by atoms with Crippen molar-refractivity contribution < 1.29 is 33.3 Å². The topological polar surface area (TPSA) is 134 Å². The number of hydrogen-bond donors (Lipinski definition) is 3. The number of carbonyl (C=O) groups excluding carboxylic acids is 2. The third-order valence-corrected chi connectivity index (χ3v) is 7.46. The van der Waals surface area contributed by atoms with E-state index < -0.39 is 5.79 Å². The number of ether oxygens (including phenoxy) is 5. The van der Waals surface area contributed by atoms with Gasteiger partial charge in [-0.25, -0.2) is 9.59 Å². The van der Waals surface area contributed by atoms with E-state index in [1.54, 1.807) is 29.2 Å². The first-order chi connectivity index (χ1) is 21.7. The molecule has 0 bridgehead atoms. The number of nitrogens with one attached hydrogen (secondary N) is 2. The van der Waals surface area contributed by atoms with Crippen LogP contribution >= 0.6 is 0 Å². The van der Waals surface area contributed by atoms with E-state index in [4.69, 9.17) is 29.4 Å². The Bertz CT molecular complexity index is 1460. The molecule has 5 rings (SSSR count). The van der Waals surface area contributed by atoms with Gasteiger partial charge in [0.2, 0.25) is 5.79 Å². The molecule has 0 saturated carbocycles. The Morgan fingerprint density at radius 1 is 0.956 bits per heavy atom. The molecule has 3 amide bonds. The number of cyclic esters (lactones) is 1. The van der Waals surface area contributed by atoms with Crippen LogP contribution < -0.4 is 21.1 Å². The van der Waals surface area contributed by atoms with Gasteiger partial charge >= 0.3 is 12.1 Å². The van der Waals surface area contributed by atoms with Gasteiger partial charge < -0.3 is 45.0 Å². The smallest absolute Gasteiger partial charge is 0.410 e. The Labute approximate surface area is 263 Å². The average molecular weight is 619 g/mol. The van der Waals surface area contributed by atoms with Crippen molar-refractivity contribution in [1.82, 2.24) is 4.90 Å². The van der Waals surface area contributed by atoms with Crippen LogP contribution in [0.5, 0.6) is 5.75 Å². The SMILES string of the molecule is CC1(C)OCc2cc([C@@H]3CN(CCCCCOCCOCc4cccc(NC(=O)Nc5cccc(N)c5)c4)C(=O)O3)ccc2O1. The summed E-state index contributed by atoms with van der Waals surface area (Å²) >= 11 is 0. The lowest BCUT2D eigenvalue weighted by Gasteiger charge is -2.32. The molecule has 0 radical (unpaired) electrons. The van der Waals surface area contributed by atoms with Gasteiger partial charge in [0, 0.05) is 49.6 Å². The lowest BCUT2D eigenvalue weighted by molar-refractivity contribution is -0.180. The van der Waals surface area contributed by atoms with Crippen LogP contribution in [0.1, 0.15) is 55.9 Å². The number of urea groups is 1. The number of benzene rings is 3. The van der Waals surface area contributed by atoms with Crippen LogP contribution in [0.4, 0.5) is 26.7 Å². The summed E-state index contributed by atoms with van der Waals surface area (Å²) in [6, 6.07) is 20.0. The van der Waals surface area contributed by atoms with Gasteiger partial charge in [0.05, 0.1) is 33.0 Å². The number of nitrogens with zero attached hydrogens (tertiary/aromatic N) is 1. The molecule has 45 heavy (non-hydrogen) atoms. The molecule has 0 unspecified atom stereocenters. The van der Waals surface area contributed by atoms with Gasteiger partial charge in [0.25, 0.3) is 0 Å². The predicted molar refractivity (Wildman–Crippen MR) is 171 cm³/mol. The van der Waals surface area contributed by atoms with E-state index in [9.17, 15) is 9.59 Å². The Hall–Kier alpha value is -4.32. The van der Waals surface area contributed by atoms with Crippen LogP contribution in [0, 0.1) is 0 Å². The third-order valence-electron chi connectivity index (χ3n) is 7.46. The second-order valence-electron chi connectivity index (χ2n) is 11.6. The van der Waals surface area contributed by atoms with Gasteiger partial charge in [-0.05, 0) is 72.9 Å². The number of unbranched alkanes of at least 4 members (excludes halogenated alkanes) is 2. The maximum Gasteiger partial charge on any atom is 0.410 e. The van der Waals surface area contributed by atoms with E-state index in [1.807, 2.05) is 56.3 Å². The summed E-state index contributed by atoms with van der Waals surface area (Å²) in [6.07, 6.45) is 2.16. The molecule has 1 fully saturated rings. The van der Waals surface area contributed by atoms with Crippen LogP contribution in [-0.4, -0.2) is 55.7 Å². The van der Waals surface area contributed by atoms with Gasteiger partial charge in [-0.15, -0.1) is 0 Å². The number of anilines is 3. The maximum absolute atomic E-state index is 12.4. The highest BCUT2D eigenvalue weighted by atomic mass is 16.7. The highest BCUT2D eigenvalue weighted by Gasteiger charge is 2.33. The molecule has 0 spiro atoms. The fraction of sp³-hybridized carbons (Fsp3) is 0.412. The van der Waals surface area contributed by atoms with Crippen molar-refractivity contribution in [2.75, 3.05) is 49.3 Å². The molecule has 0 aliphatic carbocycles. The number of amides is 3. The molecule has 11 heteroatoms. The standard InChI is InChI=1S/C34H42N4O7/c1-34(2)43-23-26-19-25(12-13-30(26)45-34)31-21-38(33(40)44-31)14-4-3-5-15-41-16-17-42-22-24-8-6-10-28(18-24)36-32(39)37-29-11-7-9-27(35)20-29/h6-13,18-20,31H,3-5,14-17,21-23,35H2,1-2H3,(H2,36,37,39)/t31-/m0/s1. The first-order valence-electron chi connectivity index (χ1n) is 15.3. The molecule has 2 heterocycles. The van der Waals surface area contributed by atoms with Crippen LogP contribution in [0.3, 0.4) is 0 Å². The lowest BCUT2D eigenvalue weighted by Crippen LogP contribution is -2.35. The fourth-order valence-electron chi connectivity index (χ4n) is 5.16. The van der Waals surface area contributed by atoms with E-state index in [-0.39, 0.29) is 18.2 Å². The lowest BCUT2D eigenvalue weighted by atomic mass is 10.0. The van der Waals surface area contributed by atoms with Crippen molar-refractivity contribution in [3.05, 3.63) is 83.4 Å². The molecule has 4 N–H and O–H groups in total. The quantitative estimate of drug-likeness (QED) is 0.139. The van der Waals surface area contributed by atoms with Gasteiger partial charge in [-0.1, -0.05) is 24.3 Å². The van der Waals surface area contributed by atoms with E-state index in [1.165, 1.54) is 0 Å². The normalized spacial score (nSPS) is 16.9. The van der Waals surface area contributed by atoms with Gasteiger partial charge in [0.15, 0.2) is 0 Å². The summed E-state index contributed by atoms with van der Waals surface area (Å²) in [5.74, 6) is 0.167. The molecule has 3 aromatic rings. The van der Waals surface area contributed by atoms with E-state index in [2.05, 4.69) is 10.6 Å². The maximum atomic E-state index is 12.4. The van der Waals surface area contributed by atoms with Crippen LogP contribution in [0.15, 0.2) is 66.7 Å². The predicted octanol–water partition coefficient (Wildman–Crippen LogP) is 6.45. The van der Waals surface area contributed by atoms with Gasteiger partial charge in [-0.2, -0.15) is 0 Å². The Balaban J connectivity index is 0.908. The largest absolute Gasteiger partial charge is 0.463 e. The molecule has 11 nitrogen and oxygen atoms in total. The van der Waals surface area contributed by atoms with Crippen LogP contribution in [-0.2, 0) is 32.2 Å². The minimum Gasteiger partial charge on any atom is -0.463 e. The van der Waals surface area contributed by atoms with Crippen molar-refractivity contribution in [3.8, 4) is 5.75 Å². The van der Waals surface area contributed by atoms with Crippen molar-refractivity contribution in [1.29, 1.82) is 0 Å². The molecule has 0 aromatic heterocycles.